The van der Waals surface area contributed by atoms with E-state index in [1.54, 1.807) is 6.08 Å². The second kappa shape index (κ2) is 6.19. The molecule has 1 heterocycles. The third kappa shape index (κ3) is 2.79. The van der Waals surface area contributed by atoms with Gasteiger partial charge >= 0.3 is 0 Å². The van der Waals surface area contributed by atoms with Crippen LogP contribution in [0, 0.1) is 0 Å². The zero-order valence-electron chi connectivity index (χ0n) is 11.8. The van der Waals surface area contributed by atoms with E-state index in [0.29, 0.717) is 0 Å². The Balaban J connectivity index is 2.42. The standard InChI is InChI=1S/C16H19N3O/c1-12(11-20)16-14(8-9-17)18-15(19(16)2)10-13-6-4-3-5-7-13/h3-9,11-12H,10,17H2,1-2H3/b9-8-. The lowest BCUT2D eigenvalue weighted by Gasteiger charge is -2.08. The smallest absolute Gasteiger partial charge is 0.128 e. The number of imidazole rings is 1. The van der Waals surface area contributed by atoms with Crippen LogP contribution in [0.3, 0.4) is 0 Å². The Morgan fingerprint density at radius 3 is 2.65 bits per heavy atom. The van der Waals surface area contributed by atoms with Gasteiger partial charge in [-0.15, -0.1) is 0 Å². The van der Waals surface area contributed by atoms with Crippen LogP contribution in [-0.2, 0) is 18.3 Å². The summed E-state index contributed by atoms with van der Waals surface area (Å²) >= 11 is 0. The van der Waals surface area contributed by atoms with Crippen molar-refractivity contribution in [3.05, 3.63) is 59.3 Å². The molecule has 0 aliphatic heterocycles. The molecule has 4 heteroatoms. The highest BCUT2D eigenvalue weighted by atomic mass is 16.1. The zero-order valence-corrected chi connectivity index (χ0v) is 11.8. The first-order valence-corrected chi connectivity index (χ1v) is 6.60. The molecule has 1 aromatic heterocycles. The van der Waals surface area contributed by atoms with E-state index in [0.717, 1.165) is 29.9 Å². The number of hydrogen-bond acceptors (Lipinski definition) is 3. The fourth-order valence-corrected chi connectivity index (χ4v) is 2.34. The van der Waals surface area contributed by atoms with Gasteiger partial charge < -0.3 is 15.1 Å². The van der Waals surface area contributed by atoms with Gasteiger partial charge in [0, 0.05) is 13.5 Å². The summed E-state index contributed by atoms with van der Waals surface area (Å²) in [6.45, 7) is 1.87. The Bertz CT molecular complexity index is 614. The van der Waals surface area contributed by atoms with Crippen molar-refractivity contribution in [2.45, 2.75) is 19.3 Å². The molecule has 0 bridgehead atoms. The van der Waals surface area contributed by atoms with Crippen LogP contribution in [0.1, 0.15) is 35.6 Å². The number of nitrogens with zero attached hydrogens (tertiary/aromatic N) is 2. The number of carbonyl (C=O) groups is 1. The van der Waals surface area contributed by atoms with Crippen LogP contribution in [0.15, 0.2) is 36.5 Å². The van der Waals surface area contributed by atoms with E-state index >= 15 is 0 Å². The minimum Gasteiger partial charge on any atom is -0.405 e. The zero-order chi connectivity index (χ0) is 14.5. The molecule has 0 radical (unpaired) electrons. The predicted molar refractivity (Wildman–Crippen MR) is 80.2 cm³/mol. The van der Waals surface area contributed by atoms with Crippen LogP contribution in [-0.4, -0.2) is 15.8 Å². The van der Waals surface area contributed by atoms with E-state index in [2.05, 4.69) is 17.1 Å². The average molecular weight is 269 g/mol. The van der Waals surface area contributed by atoms with E-state index in [1.807, 2.05) is 36.7 Å². The maximum Gasteiger partial charge on any atom is 0.128 e. The topological polar surface area (TPSA) is 60.9 Å². The third-order valence-corrected chi connectivity index (χ3v) is 3.36. The number of rotatable bonds is 5. The number of hydrogen-bond donors (Lipinski definition) is 1. The van der Waals surface area contributed by atoms with Crippen molar-refractivity contribution in [1.29, 1.82) is 0 Å². The largest absolute Gasteiger partial charge is 0.405 e. The lowest BCUT2D eigenvalue weighted by Crippen LogP contribution is -2.07. The number of aromatic nitrogens is 2. The summed E-state index contributed by atoms with van der Waals surface area (Å²) in [5.41, 5.74) is 8.31. The first-order valence-electron chi connectivity index (χ1n) is 6.60. The molecule has 0 saturated heterocycles. The van der Waals surface area contributed by atoms with Crippen LogP contribution in [0.4, 0.5) is 0 Å². The molecule has 4 nitrogen and oxygen atoms in total. The van der Waals surface area contributed by atoms with E-state index in [9.17, 15) is 4.79 Å². The SMILES string of the molecule is CC(C=O)c1c(/C=C\N)nc(Cc2ccccc2)n1C. The summed E-state index contributed by atoms with van der Waals surface area (Å²) in [6.07, 6.45) is 4.85. The molecule has 20 heavy (non-hydrogen) atoms. The Hall–Kier alpha value is -2.36. The minimum absolute atomic E-state index is 0.205. The van der Waals surface area contributed by atoms with Gasteiger partial charge in [-0.1, -0.05) is 37.3 Å². The monoisotopic (exact) mass is 269 g/mol. The van der Waals surface area contributed by atoms with Crippen LogP contribution < -0.4 is 5.73 Å². The average Bonchev–Trinajstić information content (AvgIpc) is 2.76. The molecule has 0 fully saturated rings. The summed E-state index contributed by atoms with van der Waals surface area (Å²) < 4.78 is 1.99. The Labute approximate surface area is 118 Å². The summed E-state index contributed by atoms with van der Waals surface area (Å²) in [5.74, 6) is 0.719. The molecule has 2 aromatic rings. The van der Waals surface area contributed by atoms with Gasteiger partial charge in [-0.2, -0.15) is 0 Å². The van der Waals surface area contributed by atoms with Crippen molar-refractivity contribution in [3.63, 3.8) is 0 Å². The van der Waals surface area contributed by atoms with Gasteiger partial charge in [-0.25, -0.2) is 4.98 Å². The van der Waals surface area contributed by atoms with E-state index < -0.39 is 0 Å². The highest BCUT2D eigenvalue weighted by Gasteiger charge is 2.18. The maximum absolute atomic E-state index is 11.1. The number of carbonyl (C=O) groups excluding carboxylic acids is 1. The quantitative estimate of drug-likeness (QED) is 0.847. The van der Waals surface area contributed by atoms with Crippen LogP contribution in [0.5, 0.6) is 0 Å². The molecule has 1 unspecified atom stereocenters. The summed E-state index contributed by atoms with van der Waals surface area (Å²) in [7, 11) is 1.94. The molecular formula is C16H19N3O. The first kappa shape index (κ1) is 14.1. The summed E-state index contributed by atoms with van der Waals surface area (Å²) in [6, 6.07) is 10.1. The molecule has 0 spiro atoms. The lowest BCUT2D eigenvalue weighted by molar-refractivity contribution is -0.108. The molecule has 104 valence electrons. The second-order valence-corrected chi connectivity index (χ2v) is 4.80. The lowest BCUT2D eigenvalue weighted by atomic mass is 10.1. The predicted octanol–water partition coefficient (Wildman–Crippen LogP) is 2.24. The summed E-state index contributed by atoms with van der Waals surface area (Å²) in [4.78, 5) is 15.7. The van der Waals surface area contributed by atoms with Gasteiger partial charge in [0.05, 0.1) is 17.3 Å². The third-order valence-electron chi connectivity index (χ3n) is 3.36. The van der Waals surface area contributed by atoms with Crippen molar-refractivity contribution in [1.82, 2.24) is 9.55 Å². The minimum atomic E-state index is -0.205. The second-order valence-electron chi connectivity index (χ2n) is 4.80. The van der Waals surface area contributed by atoms with Crippen LogP contribution in [0.2, 0.25) is 0 Å². The van der Waals surface area contributed by atoms with E-state index in [1.165, 1.54) is 11.8 Å². The molecule has 0 saturated carbocycles. The number of nitrogens with two attached hydrogens (primary N) is 1. The first-order chi connectivity index (χ1) is 9.67. The Kier molecular flexibility index (Phi) is 4.35. The Morgan fingerprint density at radius 2 is 2.05 bits per heavy atom. The van der Waals surface area contributed by atoms with E-state index in [-0.39, 0.29) is 5.92 Å². The van der Waals surface area contributed by atoms with Crippen molar-refractivity contribution >= 4 is 12.4 Å². The molecule has 2 N–H and O–H groups in total. The number of aldehydes is 1. The van der Waals surface area contributed by atoms with Crippen molar-refractivity contribution in [3.8, 4) is 0 Å². The number of benzene rings is 1. The highest BCUT2D eigenvalue weighted by molar-refractivity contribution is 5.64. The molecular weight excluding hydrogens is 250 g/mol. The molecule has 1 atom stereocenters. The molecule has 0 aliphatic rings. The van der Waals surface area contributed by atoms with Crippen LogP contribution in [0.25, 0.3) is 6.08 Å². The molecule has 0 amide bonds. The van der Waals surface area contributed by atoms with Crippen molar-refractivity contribution < 1.29 is 4.79 Å². The summed E-state index contributed by atoms with van der Waals surface area (Å²) in [5, 5.41) is 0. The fraction of sp³-hybridized carbons (Fsp3) is 0.250. The van der Waals surface area contributed by atoms with Gasteiger partial charge in [0.1, 0.15) is 12.1 Å². The van der Waals surface area contributed by atoms with E-state index in [4.69, 9.17) is 5.73 Å². The molecule has 1 aromatic carbocycles. The van der Waals surface area contributed by atoms with Crippen molar-refractivity contribution in [2.24, 2.45) is 12.8 Å². The maximum atomic E-state index is 11.1. The van der Waals surface area contributed by atoms with Gasteiger partial charge in [0.2, 0.25) is 0 Å². The Morgan fingerprint density at radius 1 is 1.35 bits per heavy atom. The van der Waals surface area contributed by atoms with Crippen LogP contribution >= 0.6 is 0 Å². The normalized spacial score (nSPS) is 12.7. The van der Waals surface area contributed by atoms with Gasteiger partial charge in [0.25, 0.3) is 0 Å². The highest BCUT2D eigenvalue weighted by Crippen LogP contribution is 2.22. The van der Waals surface area contributed by atoms with Gasteiger partial charge in [0.15, 0.2) is 0 Å². The molecule has 2 rings (SSSR count). The van der Waals surface area contributed by atoms with Crippen molar-refractivity contribution in [2.75, 3.05) is 0 Å². The fourth-order valence-electron chi connectivity index (χ4n) is 2.34. The molecule has 0 aliphatic carbocycles. The van der Waals surface area contributed by atoms with Gasteiger partial charge in [-0.05, 0) is 17.8 Å². The van der Waals surface area contributed by atoms with Gasteiger partial charge in [-0.3, -0.25) is 0 Å².